The van der Waals surface area contributed by atoms with Gasteiger partial charge in [-0.2, -0.15) is 0 Å². The lowest BCUT2D eigenvalue weighted by Gasteiger charge is -2.35. The average molecular weight is 422 g/mol. The number of methoxy groups -OCH3 is 1. The van der Waals surface area contributed by atoms with Crippen LogP contribution in [0.2, 0.25) is 0 Å². The van der Waals surface area contributed by atoms with Crippen LogP contribution >= 0.6 is 0 Å². The number of imide groups is 1. The molecule has 31 heavy (non-hydrogen) atoms. The predicted octanol–water partition coefficient (Wildman–Crippen LogP) is 3.84. The number of carbonyl (C=O) groups excluding carboxylic acids is 3. The molecule has 1 fully saturated rings. The van der Waals surface area contributed by atoms with Crippen molar-refractivity contribution < 1.29 is 23.9 Å². The molecule has 2 aromatic rings. The maximum Gasteiger partial charge on any atom is 0.417 e. The van der Waals surface area contributed by atoms with Gasteiger partial charge < -0.3 is 14.4 Å². The van der Waals surface area contributed by atoms with Gasteiger partial charge >= 0.3 is 6.09 Å². The maximum absolute atomic E-state index is 13.3. The molecule has 3 rings (SSSR count). The van der Waals surface area contributed by atoms with Gasteiger partial charge in [-0.3, -0.25) is 9.59 Å². The van der Waals surface area contributed by atoms with E-state index in [2.05, 4.69) is 0 Å². The molecule has 0 radical (unpaired) electrons. The van der Waals surface area contributed by atoms with E-state index in [1.807, 2.05) is 30.3 Å². The molecule has 1 aliphatic rings. The van der Waals surface area contributed by atoms with Crippen molar-refractivity contribution in [2.75, 3.05) is 13.7 Å². The van der Waals surface area contributed by atoms with E-state index in [9.17, 15) is 14.4 Å². The largest absolute Gasteiger partial charge is 0.497 e. The first-order valence-corrected chi connectivity index (χ1v) is 9.93. The molecule has 0 aliphatic carbocycles. The zero-order chi connectivity index (χ0) is 22.6. The number of hydrogen-bond acceptors (Lipinski definition) is 5. The molecule has 0 atom stereocenters. The number of amides is 3. The van der Waals surface area contributed by atoms with E-state index in [1.54, 1.807) is 58.2 Å². The van der Waals surface area contributed by atoms with Crippen molar-refractivity contribution >= 4 is 24.0 Å². The van der Waals surface area contributed by atoms with Crippen molar-refractivity contribution in [2.45, 2.75) is 32.9 Å². The first kappa shape index (κ1) is 22.1. The lowest BCUT2D eigenvalue weighted by atomic mass is 10.1. The van der Waals surface area contributed by atoms with E-state index in [4.69, 9.17) is 9.47 Å². The summed E-state index contributed by atoms with van der Waals surface area (Å²) in [5, 5.41) is 0. The molecule has 0 saturated carbocycles. The summed E-state index contributed by atoms with van der Waals surface area (Å²) >= 11 is 0. The number of ether oxygens (including phenoxy) is 2. The first-order valence-electron chi connectivity index (χ1n) is 9.93. The SMILES string of the molecule is COc1cccc(/C=C2/C(=O)N(C(=O)OC(C)(C)C)CC(=O)N2Cc2ccccc2)c1. The number of rotatable bonds is 4. The fourth-order valence-corrected chi connectivity index (χ4v) is 3.11. The van der Waals surface area contributed by atoms with Crippen LogP contribution in [0.5, 0.6) is 5.75 Å². The highest BCUT2D eigenvalue weighted by molar-refractivity contribution is 6.12. The summed E-state index contributed by atoms with van der Waals surface area (Å²) in [6.45, 7) is 4.95. The van der Waals surface area contributed by atoms with Gasteiger partial charge in [0.15, 0.2) is 0 Å². The second-order valence-corrected chi connectivity index (χ2v) is 8.14. The van der Waals surface area contributed by atoms with Crippen LogP contribution in [0, 0.1) is 0 Å². The predicted molar refractivity (Wildman–Crippen MR) is 116 cm³/mol. The molecule has 1 aliphatic heterocycles. The van der Waals surface area contributed by atoms with E-state index in [1.165, 1.54) is 4.90 Å². The number of benzene rings is 2. The van der Waals surface area contributed by atoms with Crippen LogP contribution in [0.15, 0.2) is 60.3 Å². The minimum Gasteiger partial charge on any atom is -0.497 e. The van der Waals surface area contributed by atoms with Gasteiger partial charge in [-0.15, -0.1) is 0 Å². The standard InChI is InChI=1S/C24H26N2O5/c1-24(2,3)31-23(29)26-16-21(27)25(15-17-9-6-5-7-10-17)20(22(26)28)14-18-11-8-12-19(13-18)30-4/h5-14H,15-16H2,1-4H3/b20-14-. The lowest BCUT2D eigenvalue weighted by Crippen LogP contribution is -2.54. The molecule has 0 aromatic heterocycles. The summed E-state index contributed by atoms with van der Waals surface area (Å²) in [7, 11) is 1.55. The van der Waals surface area contributed by atoms with Gasteiger partial charge in [-0.1, -0.05) is 42.5 Å². The van der Waals surface area contributed by atoms with Gasteiger partial charge in [-0.25, -0.2) is 9.69 Å². The summed E-state index contributed by atoms with van der Waals surface area (Å²) in [4.78, 5) is 41.1. The van der Waals surface area contributed by atoms with Crippen LogP contribution in [-0.4, -0.2) is 47.0 Å². The van der Waals surface area contributed by atoms with Crippen molar-refractivity contribution in [2.24, 2.45) is 0 Å². The second kappa shape index (κ2) is 9.04. The normalized spacial score (nSPS) is 15.9. The Morgan fingerprint density at radius 3 is 2.42 bits per heavy atom. The van der Waals surface area contributed by atoms with Crippen LogP contribution in [-0.2, 0) is 20.9 Å². The molecule has 162 valence electrons. The van der Waals surface area contributed by atoms with E-state index >= 15 is 0 Å². The van der Waals surface area contributed by atoms with Gasteiger partial charge in [0.25, 0.3) is 5.91 Å². The highest BCUT2D eigenvalue weighted by atomic mass is 16.6. The summed E-state index contributed by atoms with van der Waals surface area (Å²) in [6, 6.07) is 16.5. The van der Waals surface area contributed by atoms with E-state index in [-0.39, 0.29) is 24.7 Å². The third kappa shape index (κ3) is 5.51. The zero-order valence-corrected chi connectivity index (χ0v) is 18.1. The number of piperazine rings is 1. The van der Waals surface area contributed by atoms with Gasteiger partial charge in [0.2, 0.25) is 5.91 Å². The van der Waals surface area contributed by atoms with Crippen molar-refractivity contribution in [3.8, 4) is 5.75 Å². The van der Waals surface area contributed by atoms with Gasteiger partial charge in [-0.05, 0) is 50.1 Å². The van der Waals surface area contributed by atoms with Crippen LogP contribution in [0.3, 0.4) is 0 Å². The Balaban J connectivity index is 2.00. The first-order chi connectivity index (χ1) is 14.7. The summed E-state index contributed by atoms with van der Waals surface area (Å²) < 4.78 is 10.6. The Labute approximate surface area is 181 Å². The monoisotopic (exact) mass is 422 g/mol. The van der Waals surface area contributed by atoms with Crippen LogP contribution < -0.4 is 4.74 Å². The molecule has 0 spiro atoms. The van der Waals surface area contributed by atoms with E-state index in [0.29, 0.717) is 11.3 Å². The highest BCUT2D eigenvalue weighted by Crippen LogP contribution is 2.25. The molecule has 2 aromatic carbocycles. The number of nitrogens with zero attached hydrogens (tertiary/aromatic N) is 2. The highest BCUT2D eigenvalue weighted by Gasteiger charge is 2.40. The van der Waals surface area contributed by atoms with Crippen molar-refractivity contribution in [3.05, 3.63) is 71.4 Å². The third-order valence-electron chi connectivity index (χ3n) is 4.54. The Kier molecular flexibility index (Phi) is 6.44. The van der Waals surface area contributed by atoms with Crippen LogP contribution in [0.4, 0.5) is 4.79 Å². The maximum atomic E-state index is 13.3. The quantitative estimate of drug-likeness (QED) is 0.700. The molecular weight excluding hydrogens is 396 g/mol. The van der Waals surface area contributed by atoms with Gasteiger partial charge in [0.1, 0.15) is 23.6 Å². The Hall–Kier alpha value is -3.61. The van der Waals surface area contributed by atoms with E-state index < -0.39 is 17.6 Å². The third-order valence-corrected chi connectivity index (χ3v) is 4.54. The molecule has 7 heteroatoms. The molecule has 0 N–H and O–H groups in total. The minimum atomic E-state index is -0.846. The molecule has 7 nitrogen and oxygen atoms in total. The Morgan fingerprint density at radius 2 is 1.77 bits per heavy atom. The number of carbonyl (C=O) groups is 3. The van der Waals surface area contributed by atoms with Crippen molar-refractivity contribution in [3.63, 3.8) is 0 Å². The molecule has 1 saturated heterocycles. The molecule has 3 amide bonds. The topological polar surface area (TPSA) is 76.1 Å². The smallest absolute Gasteiger partial charge is 0.417 e. The number of hydrogen-bond donors (Lipinski definition) is 0. The fraction of sp³-hybridized carbons (Fsp3) is 0.292. The Morgan fingerprint density at radius 1 is 1.06 bits per heavy atom. The van der Waals surface area contributed by atoms with Crippen LogP contribution in [0.25, 0.3) is 6.08 Å². The molecular formula is C24H26N2O5. The van der Waals surface area contributed by atoms with Crippen LogP contribution in [0.1, 0.15) is 31.9 Å². The summed E-state index contributed by atoms with van der Waals surface area (Å²) in [6.07, 6.45) is 0.740. The average Bonchev–Trinajstić information content (AvgIpc) is 2.72. The van der Waals surface area contributed by atoms with Gasteiger partial charge in [0, 0.05) is 0 Å². The molecule has 1 heterocycles. The second-order valence-electron chi connectivity index (χ2n) is 8.14. The zero-order valence-electron chi connectivity index (χ0n) is 18.1. The molecule has 0 bridgehead atoms. The minimum absolute atomic E-state index is 0.0965. The summed E-state index contributed by atoms with van der Waals surface area (Å²) in [5.74, 6) is -0.349. The van der Waals surface area contributed by atoms with Gasteiger partial charge in [0.05, 0.1) is 13.7 Å². The Bertz CT molecular complexity index is 1010. The van der Waals surface area contributed by atoms with Crippen molar-refractivity contribution in [1.82, 2.24) is 9.80 Å². The summed E-state index contributed by atoms with van der Waals surface area (Å²) in [5.41, 5.74) is 0.836. The molecule has 0 unspecified atom stereocenters. The fourth-order valence-electron chi connectivity index (χ4n) is 3.11. The lowest BCUT2D eigenvalue weighted by molar-refractivity contribution is -0.144. The van der Waals surface area contributed by atoms with E-state index in [0.717, 1.165) is 10.5 Å². The van der Waals surface area contributed by atoms with Crippen molar-refractivity contribution in [1.29, 1.82) is 0 Å².